The summed E-state index contributed by atoms with van der Waals surface area (Å²) >= 11 is 0. The van der Waals surface area contributed by atoms with Crippen LogP contribution in [0.4, 0.5) is 0 Å². The van der Waals surface area contributed by atoms with E-state index in [-0.39, 0.29) is 12.4 Å². The SMILES string of the molecule is CN1CCN(C)C1N1CCCC1.Cl. The van der Waals surface area contributed by atoms with Crippen molar-refractivity contribution in [1.82, 2.24) is 14.7 Å². The molecule has 2 fully saturated rings. The second kappa shape index (κ2) is 4.60. The third-order valence-electron chi connectivity index (χ3n) is 3.06. The first kappa shape index (κ1) is 11.2. The normalized spacial score (nSPS) is 28.2. The minimum absolute atomic E-state index is 0. The van der Waals surface area contributed by atoms with Gasteiger partial charge in [0.25, 0.3) is 0 Å². The molecule has 2 aliphatic rings. The molecule has 0 atom stereocenters. The molecule has 0 aromatic rings. The van der Waals surface area contributed by atoms with Gasteiger partial charge in [-0.2, -0.15) is 0 Å². The Morgan fingerprint density at radius 2 is 1.31 bits per heavy atom. The summed E-state index contributed by atoms with van der Waals surface area (Å²) < 4.78 is 0. The van der Waals surface area contributed by atoms with Crippen LogP contribution in [0.3, 0.4) is 0 Å². The van der Waals surface area contributed by atoms with Crippen molar-refractivity contribution < 1.29 is 0 Å². The van der Waals surface area contributed by atoms with Gasteiger partial charge in [0.15, 0.2) is 0 Å². The summed E-state index contributed by atoms with van der Waals surface area (Å²) in [6.07, 6.45) is 3.36. The summed E-state index contributed by atoms with van der Waals surface area (Å²) in [5, 5.41) is 0. The minimum atomic E-state index is 0. The second-order valence-electron chi connectivity index (χ2n) is 4.05. The van der Waals surface area contributed by atoms with E-state index in [1.165, 1.54) is 39.0 Å². The van der Waals surface area contributed by atoms with Crippen molar-refractivity contribution in [3.63, 3.8) is 0 Å². The van der Waals surface area contributed by atoms with Crippen molar-refractivity contribution in [3.8, 4) is 0 Å². The molecule has 0 saturated carbocycles. The highest BCUT2D eigenvalue weighted by Gasteiger charge is 2.32. The van der Waals surface area contributed by atoms with Crippen LogP contribution >= 0.6 is 12.4 Å². The van der Waals surface area contributed by atoms with E-state index < -0.39 is 0 Å². The van der Waals surface area contributed by atoms with Gasteiger partial charge in [0.2, 0.25) is 0 Å². The maximum atomic E-state index is 2.59. The predicted octanol–water partition coefficient (Wildman–Crippen LogP) is 0.665. The number of halogens is 1. The highest BCUT2D eigenvalue weighted by Crippen LogP contribution is 2.19. The average Bonchev–Trinajstić information content (AvgIpc) is 2.61. The molecular weight excluding hydrogens is 186 g/mol. The topological polar surface area (TPSA) is 9.72 Å². The number of likely N-dealkylation sites (N-methyl/N-ethyl adjacent to an activating group) is 2. The molecule has 2 aliphatic heterocycles. The summed E-state index contributed by atoms with van der Waals surface area (Å²) in [7, 11) is 4.46. The first-order chi connectivity index (χ1) is 5.79. The Balaban J connectivity index is 0.000000845. The monoisotopic (exact) mass is 205 g/mol. The Morgan fingerprint density at radius 1 is 0.846 bits per heavy atom. The third-order valence-corrected chi connectivity index (χ3v) is 3.06. The fourth-order valence-corrected chi connectivity index (χ4v) is 2.41. The average molecular weight is 206 g/mol. The maximum absolute atomic E-state index is 2.59. The Kier molecular flexibility index (Phi) is 3.98. The summed E-state index contributed by atoms with van der Waals surface area (Å²) in [5.41, 5.74) is 0. The largest absolute Gasteiger partial charge is 0.277 e. The Morgan fingerprint density at radius 3 is 1.77 bits per heavy atom. The molecule has 0 amide bonds. The van der Waals surface area contributed by atoms with E-state index in [0.29, 0.717) is 6.29 Å². The number of likely N-dealkylation sites (tertiary alicyclic amines) is 1. The van der Waals surface area contributed by atoms with Crippen molar-refractivity contribution in [2.24, 2.45) is 0 Å². The van der Waals surface area contributed by atoms with Gasteiger partial charge in [0, 0.05) is 26.2 Å². The second-order valence-corrected chi connectivity index (χ2v) is 4.05. The molecule has 0 radical (unpaired) electrons. The van der Waals surface area contributed by atoms with E-state index in [9.17, 15) is 0 Å². The van der Waals surface area contributed by atoms with Crippen LogP contribution in [0.2, 0.25) is 0 Å². The Bertz CT molecular complexity index is 149. The fraction of sp³-hybridized carbons (Fsp3) is 1.00. The van der Waals surface area contributed by atoms with Crippen LogP contribution in [0.25, 0.3) is 0 Å². The number of rotatable bonds is 1. The standard InChI is InChI=1S/C9H19N3.ClH/c1-10-7-8-11(2)9(10)12-5-3-4-6-12;/h9H,3-8H2,1-2H3;1H. The van der Waals surface area contributed by atoms with Gasteiger partial charge in [-0.3, -0.25) is 14.7 Å². The van der Waals surface area contributed by atoms with E-state index in [0.717, 1.165) is 0 Å². The lowest BCUT2D eigenvalue weighted by Crippen LogP contribution is -2.48. The highest BCUT2D eigenvalue weighted by molar-refractivity contribution is 5.85. The fourth-order valence-electron chi connectivity index (χ4n) is 2.41. The molecule has 3 nitrogen and oxygen atoms in total. The van der Waals surface area contributed by atoms with Crippen molar-refractivity contribution in [1.29, 1.82) is 0 Å². The zero-order chi connectivity index (χ0) is 8.55. The third kappa shape index (κ3) is 2.15. The van der Waals surface area contributed by atoms with Crippen LogP contribution in [0.15, 0.2) is 0 Å². The molecular formula is C9H20ClN3. The molecule has 0 aromatic carbocycles. The van der Waals surface area contributed by atoms with Crippen molar-refractivity contribution in [2.75, 3.05) is 40.3 Å². The molecule has 13 heavy (non-hydrogen) atoms. The summed E-state index contributed by atoms with van der Waals surface area (Å²) in [6.45, 7) is 5.02. The zero-order valence-corrected chi connectivity index (χ0v) is 9.39. The van der Waals surface area contributed by atoms with Crippen LogP contribution in [-0.2, 0) is 0 Å². The molecule has 0 spiro atoms. The Hall–Kier alpha value is 0.170. The van der Waals surface area contributed by atoms with Crippen molar-refractivity contribution >= 4 is 12.4 Å². The predicted molar refractivity (Wildman–Crippen MR) is 57.1 cm³/mol. The zero-order valence-electron chi connectivity index (χ0n) is 8.57. The molecule has 0 unspecified atom stereocenters. The van der Waals surface area contributed by atoms with E-state index in [2.05, 4.69) is 28.8 Å². The van der Waals surface area contributed by atoms with Gasteiger partial charge in [0.1, 0.15) is 6.29 Å². The molecule has 4 heteroatoms. The summed E-state index contributed by atoms with van der Waals surface area (Å²) in [5.74, 6) is 0. The molecule has 2 saturated heterocycles. The van der Waals surface area contributed by atoms with Gasteiger partial charge in [0.05, 0.1) is 0 Å². The number of hydrogen-bond acceptors (Lipinski definition) is 3. The molecule has 0 aromatic heterocycles. The van der Waals surface area contributed by atoms with E-state index in [1.54, 1.807) is 0 Å². The molecule has 0 bridgehead atoms. The van der Waals surface area contributed by atoms with Crippen molar-refractivity contribution in [3.05, 3.63) is 0 Å². The lowest BCUT2D eigenvalue weighted by atomic mass is 10.4. The van der Waals surface area contributed by atoms with Gasteiger partial charge in [-0.05, 0) is 26.9 Å². The van der Waals surface area contributed by atoms with Gasteiger partial charge in [-0.15, -0.1) is 12.4 Å². The van der Waals surface area contributed by atoms with Gasteiger partial charge in [-0.1, -0.05) is 0 Å². The lowest BCUT2D eigenvalue weighted by Gasteiger charge is -2.33. The van der Waals surface area contributed by atoms with Crippen LogP contribution in [-0.4, -0.2) is 61.3 Å². The minimum Gasteiger partial charge on any atom is -0.277 e. The molecule has 2 rings (SSSR count). The van der Waals surface area contributed by atoms with Crippen LogP contribution in [0.1, 0.15) is 12.8 Å². The lowest BCUT2D eigenvalue weighted by molar-refractivity contribution is 0.0272. The summed E-state index contributed by atoms with van der Waals surface area (Å²) in [6, 6.07) is 0. The maximum Gasteiger partial charge on any atom is 0.119 e. The van der Waals surface area contributed by atoms with Gasteiger partial charge in [-0.25, -0.2) is 0 Å². The quantitative estimate of drug-likeness (QED) is 0.623. The smallest absolute Gasteiger partial charge is 0.119 e. The van der Waals surface area contributed by atoms with Gasteiger partial charge < -0.3 is 0 Å². The molecule has 2 heterocycles. The number of nitrogens with zero attached hydrogens (tertiary/aromatic N) is 3. The number of hydrogen-bond donors (Lipinski definition) is 0. The van der Waals surface area contributed by atoms with Crippen LogP contribution < -0.4 is 0 Å². The van der Waals surface area contributed by atoms with E-state index in [4.69, 9.17) is 0 Å². The van der Waals surface area contributed by atoms with Crippen molar-refractivity contribution in [2.45, 2.75) is 19.1 Å². The summed E-state index contributed by atoms with van der Waals surface area (Å²) in [4.78, 5) is 7.49. The highest BCUT2D eigenvalue weighted by atomic mass is 35.5. The first-order valence-corrected chi connectivity index (χ1v) is 4.93. The van der Waals surface area contributed by atoms with Crippen LogP contribution in [0.5, 0.6) is 0 Å². The van der Waals surface area contributed by atoms with Gasteiger partial charge >= 0.3 is 0 Å². The Labute approximate surface area is 87.1 Å². The molecule has 0 N–H and O–H groups in total. The van der Waals surface area contributed by atoms with Crippen LogP contribution in [0, 0.1) is 0 Å². The van der Waals surface area contributed by atoms with E-state index >= 15 is 0 Å². The van der Waals surface area contributed by atoms with E-state index in [1.807, 2.05) is 0 Å². The molecule has 78 valence electrons. The first-order valence-electron chi connectivity index (χ1n) is 4.93. The molecule has 0 aliphatic carbocycles.